The number of aromatic hydroxyl groups is 1. The molecule has 0 fully saturated rings. The van der Waals surface area contributed by atoms with Crippen molar-refractivity contribution in [2.75, 3.05) is 13.2 Å². The van der Waals surface area contributed by atoms with E-state index in [1.807, 2.05) is 0 Å². The number of carbonyl (C=O) groups excluding carboxylic acids is 3. The molecule has 3 amide bonds. The fourth-order valence-electron chi connectivity index (χ4n) is 3.01. The molecule has 1 heterocycles. The van der Waals surface area contributed by atoms with Crippen LogP contribution in [-0.2, 0) is 32.0 Å². The highest BCUT2D eigenvalue weighted by atomic mass is 16.4. The number of aliphatic hydroxyl groups is 2. The highest BCUT2D eigenvalue weighted by Gasteiger charge is 2.30. The number of rotatable bonds is 13. The van der Waals surface area contributed by atoms with Gasteiger partial charge in [-0.2, -0.15) is 0 Å². The van der Waals surface area contributed by atoms with Gasteiger partial charge in [-0.1, -0.05) is 12.1 Å². The number of aromatic nitrogens is 2. The van der Waals surface area contributed by atoms with Crippen LogP contribution in [0.4, 0.5) is 0 Å². The monoisotopic (exact) mass is 492 g/mol. The molecule has 10 N–H and O–H groups in total. The van der Waals surface area contributed by atoms with Gasteiger partial charge in [0, 0.05) is 18.3 Å². The molecule has 14 heteroatoms. The number of nitrogens with one attached hydrogen (secondary N) is 4. The molecular formula is C21H28N6O8. The SMILES string of the molecule is NC(Cc1ccc(O)cc1)C(=O)NC(CO)C(=O)NC(Cc1cnc[nH]1)C(=O)NC(CO)C(=O)O. The molecule has 0 saturated carbocycles. The van der Waals surface area contributed by atoms with E-state index in [2.05, 4.69) is 25.9 Å². The van der Waals surface area contributed by atoms with Gasteiger partial charge in [0.15, 0.2) is 0 Å². The Balaban J connectivity index is 2.05. The minimum atomic E-state index is -1.60. The van der Waals surface area contributed by atoms with E-state index in [4.69, 9.17) is 15.9 Å². The first kappa shape index (κ1) is 27.2. The van der Waals surface area contributed by atoms with Gasteiger partial charge in [-0.3, -0.25) is 14.4 Å². The average molecular weight is 492 g/mol. The molecule has 0 aliphatic carbocycles. The number of imidazole rings is 1. The Labute approximate surface area is 199 Å². The van der Waals surface area contributed by atoms with Crippen LogP contribution in [0.5, 0.6) is 5.75 Å². The molecule has 0 aliphatic rings. The number of carboxylic acids is 1. The molecular weight excluding hydrogens is 464 g/mol. The van der Waals surface area contributed by atoms with Crippen molar-refractivity contribution in [1.29, 1.82) is 0 Å². The Morgan fingerprint density at radius 3 is 2.00 bits per heavy atom. The van der Waals surface area contributed by atoms with Gasteiger partial charge < -0.3 is 47.1 Å². The van der Waals surface area contributed by atoms with E-state index in [1.165, 1.54) is 24.7 Å². The standard InChI is InChI=1S/C21H28N6O8/c22-14(5-11-1-3-13(30)4-2-11)18(31)26-16(8-28)20(33)25-15(6-12-7-23-10-24-12)19(32)27-17(9-29)21(34)35/h1-4,7,10,14-17,28-30H,5-6,8-9,22H2,(H,23,24)(H,25,33)(H,26,31)(H,27,32)(H,34,35). The number of carbonyl (C=O) groups is 4. The first-order valence-corrected chi connectivity index (χ1v) is 10.5. The molecule has 2 aromatic rings. The molecule has 4 unspecified atom stereocenters. The molecule has 35 heavy (non-hydrogen) atoms. The molecule has 1 aromatic carbocycles. The van der Waals surface area contributed by atoms with Crippen LogP contribution in [-0.4, -0.2) is 91.5 Å². The molecule has 14 nitrogen and oxygen atoms in total. The Kier molecular flexibility index (Phi) is 10.1. The van der Waals surface area contributed by atoms with Crippen LogP contribution in [0, 0.1) is 0 Å². The van der Waals surface area contributed by atoms with Crippen molar-refractivity contribution in [1.82, 2.24) is 25.9 Å². The molecule has 0 radical (unpaired) electrons. The molecule has 0 aliphatic heterocycles. The predicted molar refractivity (Wildman–Crippen MR) is 120 cm³/mol. The smallest absolute Gasteiger partial charge is 0.328 e. The minimum absolute atomic E-state index is 0.0474. The highest BCUT2D eigenvalue weighted by Crippen LogP contribution is 2.11. The number of nitrogens with zero attached hydrogens (tertiary/aromatic N) is 1. The van der Waals surface area contributed by atoms with Crippen molar-refractivity contribution >= 4 is 23.7 Å². The summed E-state index contributed by atoms with van der Waals surface area (Å²) in [7, 11) is 0. The Morgan fingerprint density at radius 1 is 0.886 bits per heavy atom. The van der Waals surface area contributed by atoms with Gasteiger partial charge in [0.05, 0.1) is 25.6 Å². The van der Waals surface area contributed by atoms with Crippen LogP contribution >= 0.6 is 0 Å². The number of amides is 3. The maximum absolute atomic E-state index is 12.7. The van der Waals surface area contributed by atoms with Gasteiger partial charge >= 0.3 is 5.97 Å². The van der Waals surface area contributed by atoms with E-state index < -0.39 is 61.1 Å². The van der Waals surface area contributed by atoms with E-state index in [0.29, 0.717) is 11.3 Å². The van der Waals surface area contributed by atoms with Crippen molar-refractivity contribution in [3.8, 4) is 5.75 Å². The van der Waals surface area contributed by atoms with Gasteiger partial charge in [0.2, 0.25) is 17.7 Å². The van der Waals surface area contributed by atoms with Crippen molar-refractivity contribution in [3.05, 3.63) is 48.0 Å². The van der Waals surface area contributed by atoms with Crippen molar-refractivity contribution in [2.45, 2.75) is 37.0 Å². The maximum Gasteiger partial charge on any atom is 0.328 e. The lowest BCUT2D eigenvalue weighted by molar-refractivity contribution is -0.143. The van der Waals surface area contributed by atoms with Gasteiger partial charge in [-0.05, 0) is 24.1 Å². The van der Waals surface area contributed by atoms with Crippen LogP contribution in [0.3, 0.4) is 0 Å². The predicted octanol–water partition coefficient (Wildman–Crippen LogP) is -3.25. The van der Waals surface area contributed by atoms with Crippen LogP contribution in [0.25, 0.3) is 0 Å². The number of hydrogen-bond acceptors (Lipinski definition) is 9. The quantitative estimate of drug-likeness (QED) is 0.135. The van der Waals surface area contributed by atoms with Crippen LogP contribution in [0.1, 0.15) is 11.3 Å². The zero-order valence-electron chi connectivity index (χ0n) is 18.5. The number of phenolic OH excluding ortho intramolecular Hbond substituents is 1. The summed E-state index contributed by atoms with van der Waals surface area (Å²) in [5.74, 6) is -4.01. The molecule has 0 bridgehead atoms. The second-order valence-corrected chi connectivity index (χ2v) is 7.64. The van der Waals surface area contributed by atoms with E-state index in [9.17, 15) is 29.4 Å². The number of benzene rings is 1. The first-order chi connectivity index (χ1) is 16.6. The molecule has 190 valence electrons. The summed E-state index contributed by atoms with van der Waals surface area (Å²) in [5.41, 5.74) is 6.97. The number of aliphatic carboxylic acids is 1. The number of phenols is 1. The second kappa shape index (κ2) is 13.0. The minimum Gasteiger partial charge on any atom is -0.508 e. The molecule has 0 saturated heterocycles. The Bertz CT molecular complexity index is 998. The van der Waals surface area contributed by atoms with E-state index in [1.54, 1.807) is 12.1 Å². The molecule has 1 aromatic heterocycles. The number of carboxylic acid groups (broad SMARTS) is 1. The summed E-state index contributed by atoms with van der Waals surface area (Å²) in [6, 6.07) is 0.552. The normalized spacial score (nSPS) is 14.3. The number of aromatic amines is 1. The summed E-state index contributed by atoms with van der Waals surface area (Å²) < 4.78 is 0. The number of hydrogen-bond donors (Lipinski definition) is 9. The summed E-state index contributed by atoms with van der Waals surface area (Å²) in [6.07, 6.45) is 2.70. The molecule has 2 rings (SSSR count). The van der Waals surface area contributed by atoms with Gasteiger partial charge in [0.1, 0.15) is 23.9 Å². The topological polar surface area (TPSA) is 240 Å². The van der Waals surface area contributed by atoms with E-state index in [-0.39, 0.29) is 18.6 Å². The molecule has 4 atom stereocenters. The van der Waals surface area contributed by atoms with Gasteiger partial charge in [-0.25, -0.2) is 9.78 Å². The fraction of sp³-hybridized carbons (Fsp3) is 0.381. The lowest BCUT2D eigenvalue weighted by Gasteiger charge is -2.24. The highest BCUT2D eigenvalue weighted by molar-refractivity contribution is 5.94. The zero-order valence-corrected chi connectivity index (χ0v) is 18.5. The summed E-state index contributed by atoms with van der Waals surface area (Å²) >= 11 is 0. The third-order valence-corrected chi connectivity index (χ3v) is 4.95. The lowest BCUT2D eigenvalue weighted by Crippen LogP contribution is -2.59. The lowest BCUT2D eigenvalue weighted by atomic mass is 10.1. The second-order valence-electron chi connectivity index (χ2n) is 7.64. The number of nitrogens with two attached hydrogens (primary N) is 1. The third kappa shape index (κ3) is 8.37. The average Bonchev–Trinajstić information content (AvgIpc) is 3.34. The Hall–Kier alpha value is -4.01. The summed E-state index contributed by atoms with van der Waals surface area (Å²) in [4.78, 5) is 55.5. The van der Waals surface area contributed by atoms with Gasteiger partial charge in [-0.15, -0.1) is 0 Å². The fourth-order valence-corrected chi connectivity index (χ4v) is 3.01. The Morgan fingerprint density at radius 2 is 1.46 bits per heavy atom. The van der Waals surface area contributed by atoms with Crippen LogP contribution in [0.2, 0.25) is 0 Å². The number of H-pyrrole nitrogens is 1. The van der Waals surface area contributed by atoms with Crippen molar-refractivity contribution in [2.24, 2.45) is 5.73 Å². The maximum atomic E-state index is 12.7. The third-order valence-electron chi connectivity index (χ3n) is 4.95. The van der Waals surface area contributed by atoms with Crippen molar-refractivity contribution in [3.63, 3.8) is 0 Å². The van der Waals surface area contributed by atoms with E-state index in [0.717, 1.165) is 0 Å². The van der Waals surface area contributed by atoms with Crippen LogP contribution < -0.4 is 21.7 Å². The van der Waals surface area contributed by atoms with Gasteiger partial charge in [0.25, 0.3) is 0 Å². The zero-order chi connectivity index (χ0) is 26.0. The van der Waals surface area contributed by atoms with Crippen LogP contribution in [0.15, 0.2) is 36.8 Å². The first-order valence-electron chi connectivity index (χ1n) is 10.5. The summed E-state index contributed by atoms with van der Waals surface area (Å²) in [6.45, 7) is -1.68. The summed E-state index contributed by atoms with van der Waals surface area (Å²) in [5, 5.41) is 44.0. The van der Waals surface area contributed by atoms with Crippen molar-refractivity contribution < 1.29 is 39.6 Å². The largest absolute Gasteiger partial charge is 0.508 e. The molecule has 0 spiro atoms. The number of aliphatic hydroxyl groups excluding tert-OH is 2. The van der Waals surface area contributed by atoms with E-state index >= 15 is 0 Å².